The average Bonchev–Trinajstić information content (AvgIpc) is 3.15. The summed E-state index contributed by atoms with van der Waals surface area (Å²) in [5.41, 5.74) is 1.17. The third kappa shape index (κ3) is 3.93. The van der Waals surface area contributed by atoms with Gasteiger partial charge in [0.05, 0.1) is 5.75 Å². The van der Waals surface area contributed by atoms with Crippen molar-refractivity contribution in [1.29, 1.82) is 0 Å². The Labute approximate surface area is 157 Å². The van der Waals surface area contributed by atoms with E-state index in [1.54, 1.807) is 30.3 Å². The third-order valence-electron chi connectivity index (χ3n) is 3.72. The maximum absolute atomic E-state index is 12.2. The summed E-state index contributed by atoms with van der Waals surface area (Å²) in [6.45, 7) is 0.174. The van der Waals surface area contributed by atoms with E-state index in [0.29, 0.717) is 22.7 Å². The zero-order valence-corrected chi connectivity index (χ0v) is 14.8. The van der Waals surface area contributed by atoms with Gasteiger partial charge in [0.2, 0.25) is 12.7 Å². The van der Waals surface area contributed by atoms with Crippen LogP contribution < -0.4 is 20.3 Å². The number of anilines is 1. The first-order valence-electron chi connectivity index (χ1n) is 8.04. The molecule has 0 radical (unpaired) electrons. The highest BCUT2D eigenvalue weighted by molar-refractivity contribution is 7.99. The Kier molecular flexibility index (Phi) is 4.75. The van der Waals surface area contributed by atoms with E-state index in [-0.39, 0.29) is 34.9 Å². The van der Waals surface area contributed by atoms with Gasteiger partial charge in [-0.05, 0) is 12.1 Å². The molecule has 1 amide bonds. The number of aromatic nitrogens is 3. The first-order chi connectivity index (χ1) is 13.2. The first-order valence-corrected chi connectivity index (χ1v) is 9.02. The van der Waals surface area contributed by atoms with Crippen molar-refractivity contribution in [2.45, 2.75) is 5.16 Å². The standard InChI is InChI=1S/C18H14N4O4S/c23-15(19-12-6-7-13-14(8-12)26-10-25-13)9-27-18-20-17(24)16(21-22-18)11-4-2-1-3-5-11/h1-8H,9-10H2,(H,19,23)(H,20,22,24). The fraction of sp³-hybridized carbons (Fsp3) is 0.111. The molecule has 0 atom stereocenters. The second-order valence-electron chi connectivity index (χ2n) is 5.58. The van der Waals surface area contributed by atoms with E-state index in [4.69, 9.17) is 9.47 Å². The number of benzene rings is 2. The Bertz CT molecular complexity index is 1040. The molecule has 27 heavy (non-hydrogen) atoms. The summed E-state index contributed by atoms with van der Waals surface area (Å²) >= 11 is 1.09. The van der Waals surface area contributed by atoms with Crippen molar-refractivity contribution in [3.8, 4) is 22.8 Å². The molecule has 0 fully saturated rings. The number of rotatable bonds is 5. The number of nitrogens with one attached hydrogen (secondary N) is 2. The summed E-state index contributed by atoms with van der Waals surface area (Å²) in [5, 5.41) is 11.0. The van der Waals surface area contributed by atoms with Crippen molar-refractivity contribution in [2.75, 3.05) is 17.9 Å². The monoisotopic (exact) mass is 382 g/mol. The minimum Gasteiger partial charge on any atom is -0.454 e. The Hall–Kier alpha value is -3.33. The van der Waals surface area contributed by atoms with Crippen molar-refractivity contribution in [3.05, 3.63) is 58.9 Å². The summed E-state index contributed by atoms with van der Waals surface area (Å²) < 4.78 is 10.5. The van der Waals surface area contributed by atoms with E-state index in [9.17, 15) is 9.59 Å². The quantitative estimate of drug-likeness (QED) is 0.652. The second kappa shape index (κ2) is 7.50. The fourth-order valence-electron chi connectivity index (χ4n) is 2.48. The van der Waals surface area contributed by atoms with Gasteiger partial charge in [-0.1, -0.05) is 42.1 Å². The largest absolute Gasteiger partial charge is 0.454 e. The van der Waals surface area contributed by atoms with Crippen LogP contribution in [0.2, 0.25) is 0 Å². The maximum atomic E-state index is 12.2. The normalized spacial score (nSPS) is 12.0. The van der Waals surface area contributed by atoms with E-state index in [1.165, 1.54) is 0 Å². The molecule has 4 rings (SSSR count). The number of aromatic amines is 1. The number of hydrogen-bond donors (Lipinski definition) is 2. The second-order valence-corrected chi connectivity index (χ2v) is 6.54. The number of carbonyl (C=O) groups is 1. The lowest BCUT2D eigenvalue weighted by atomic mass is 10.2. The van der Waals surface area contributed by atoms with Crippen molar-refractivity contribution in [2.24, 2.45) is 0 Å². The lowest BCUT2D eigenvalue weighted by Crippen LogP contribution is -2.17. The van der Waals surface area contributed by atoms with Gasteiger partial charge in [0.15, 0.2) is 22.3 Å². The smallest absolute Gasteiger partial charge is 0.278 e. The summed E-state index contributed by atoms with van der Waals surface area (Å²) in [6, 6.07) is 14.2. The molecule has 0 aliphatic carbocycles. The van der Waals surface area contributed by atoms with E-state index in [1.807, 2.05) is 18.2 Å². The van der Waals surface area contributed by atoms with Gasteiger partial charge in [-0.15, -0.1) is 10.2 Å². The SMILES string of the molecule is O=C(CSc1nnc(-c2ccccc2)c(=O)[nH]1)Nc1ccc2c(c1)OCO2. The van der Waals surface area contributed by atoms with Crippen LogP contribution in [0.25, 0.3) is 11.3 Å². The van der Waals surface area contributed by atoms with Gasteiger partial charge in [-0.25, -0.2) is 0 Å². The highest BCUT2D eigenvalue weighted by Crippen LogP contribution is 2.34. The molecule has 136 valence electrons. The molecule has 0 saturated heterocycles. The molecule has 0 saturated carbocycles. The van der Waals surface area contributed by atoms with E-state index >= 15 is 0 Å². The van der Waals surface area contributed by atoms with Gasteiger partial charge in [0.25, 0.3) is 5.56 Å². The number of carbonyl (C=O) groups excluding carboxylic acids is 1. The molecule has 8 nitrogen and oxygen atoms in total. The highest BCUT2D eigenvalue weighted by atomic mass is 32.2. The lowest BCUT2D eigenvalue weighted by molar-refractivity contribution is -0.113. The molecule has 0 spiro atoms. The number of fused-ring (bicyclic) bond motifs is 1. The predicted molar refractivity (Wildman–Crippen MR) is 100 cm³/mol. The highest BCUT2D eigenvalue weighted by Gasteiger charge is 2.14. The van der Waals surface area contributed by atoms with Crippen LogP contribution in [0.1, 0.15) is 0 Å². The van der Waals surface area contributed by atoms with Crippen molar-refractivity contribution >= 4 is 23.4 Å². The third-order valence-corrected chi connectivity index (χ3v) is 4.58. The summed E-state index contributed by atoms with van der Waals surface area (Å²) in [6.07, 6.45) is 0. The van der Waals surface area contributed by atoms with Crippen LogP contribution in [0.15, 0.2) is 58.5 Å². The molecular formula is C18H14N4O4S. The van der Waals surface area contributed by atoms with Gasteiger partial charge in [-0.2, -0.15) is 0 Å². The van der Waals surface area contributed by atoms with E-state index < -0.39 is 0 Å². The number of ether oxygens (including phenoxy) is 2. The average molecular weight is 382 g/mol. The Balaban J connectivity index is 1.38. The predicted octanol–water partition coefficient (Wildman–Crippen LogP) is 2.29. The van der Waals surface area contributed by atoms with Crippen molar-refractivity contribution in [3.63, 3.8) is 0 Å². The summed E-state index contributed by atoms with van der Waals surface area (Å²) in [5.74, 6) is 1.07. The minimum atomic E-state index is -0.352. The summed E-state index contributed by atoms with van der Waals surface area (Å²) in [4.78, 5) is 26.9. The fourth-order valence-corrected chi connectivity index (χ4v) is 3.08. The zero-order valence-electron chi connectivity index (χ0n) is 14.0. The molecule has 3 aromatic rings. The number of nitrogens with zero attached hydrogens (tertiary/aromatic N) is 2. The van der Waals surface area contributed by atoms with Gasteiger partial charge in [0, 0.05) is 17.3 Å². The molecule has 0 bridgehead atoms. The number of H-pyrrole nitrogens is 1. The van der Waals surface area contributed by atoms with Crippen LogP contribution in [-0.4, -0.2) is 33.6 Å². The molecule has 1 aliphatic rings. The van der Waals surface area contributed by atoms with Crippen molar-refractivity contribution in [1.82, 2.24) is 15.2 Å². The van der Waals surface area contributed by atoms with Crippen LogP contribution >= 0.6 is 11.8 Å². The van der Waals surface area contributed by atoms with Crippen LogP contribution in [0.3, 0.4) is 0 Å². The minimum absolute atomic E-state index is 0.0732. The molecular weight excluding hydrogens is 368 g/mol. The molecule has 1 aliphatic heterocycles. The van der Waals surface area contributed by atoms with Gasteiger partial charge >= 0.3 is 0 Å². The Morgan fingerprint density at radius 1 is 1.11 bits per heavy atom. The van der Waals surface area contributed by atoms with Crippen LogP contribution in [0.5, 0.6) is 11.5 Å². The summed E-state index contributed by atoms with van der Waals surface area (Å²) in [7, 11) is 0. The maximum Gasteiger partial charge on any atom is 0.278 e. The van der Waals surface area contributed by atoms with Crippen LogP contribution in [0, 0.1) is 0 Å². The number of thioether (sulfide) groups is 1. The Morgan fingerprint density at radius 2 is 1.93 bits per heavy atom. The van der Waals surface area contributed by atoms with Gasteiger partial charge in [-0.3, -0.25) is 14.6 Å². The molecule has 2 N–H and O–H groups in total. The molecule has 2 heterocycles. The van der Waals surface area contributed by atoms with Gasteiger partial charge in [0.1, 0.15) is 0 Å². The molecule has 9 heteroatoms. The number of amides is 1. The van der Waals surface area contributed by atoms with Crippen LogP contribution in [0.4, 0.5) is 5.69 Å². The lowest BCUT2D eigenvalue weighted by Gasteiger charge is -2.06. The van der Waals surface area contributed by atoms with E-state index in [0.717, 1.165) is 11.8 Å². The van der Waals surface area contributed by atoms with Crippen molar-refractivity contribution < 1.29 is 14.3 Å². The first kappa shape index (κ1) is 17.1. The van der Waals surface area contributed by atoms with Gasteiger partial charge < -0.3 is 14.8 Å². The zero-order chi connectivity index (χ0) is 18.6. The molecule has 2 aromatic carbocycles. The number of hydrogen-bond acceptors (Lipinski definition) is 7. The topological polar surface area (TPSA) is 106 Å². The molecule has 0 unspecified atom stereocenters. The van der Waals surface area contributed by atoms with E-state index in [2.05, 4.69) is 20.5 Å². The Morgan fingerprint density at radius 3 is 2.74 bits per heavy atom. The molecule has 1 aromatic heterocycles. The van der Waals surface area contributed by atoms with Crippen LogP contribution in [-0.2, 0) is 4.79 Å².